The molecule has 124 valence electrons. The van der Waals surface area contributed by atoms with Gasteiger partial charge in [-0.05, 0) is 38.5 Å². The average molecular weight is 327 g/mol. The van der Waals surface area contributed by atoms with Gasteiger partial charge in [-0.15, -0.1) is 0 Å². The van der Waals surface area contributed by atoms with Crippen molar-refractivity contribution in [1.82, 2.24) is 0 Å². The highest BCUT2D eigenvalue weighted by molar-refractivity contribution is 6.08. The van der Waals surface area contributed by atoms with Crippen molar-refractivity contribution in [2.75, 3.05) is 11.9 Å². The number of esters is 1. The van der Waals surface area contributed by atoms with Crippen LogP contribution in [-0.2, 0) is 4.74 Å². The van der Waals surface area contributed by atoms with Crippen LogP contribution in [0.2, 0.25) is 0 Å². The zero-order valence-corrected chi connectivity index (χ0v) is 12.9. The van der Waals surface area contributed by atoms with Crippen molar-refractivity contribution in [3.05, 3.63) is 34.9 Å². The lowest BCUT2D eigenvalue weighted by atomic mass is 9.91. The monoisotopic (exact) mass is 327 g/mol. The maximum Gasteiger partial charge on any atom is 0.454 e. The second kappa shape index (κ2) is 5.72. The molecule has 0 atom stereocenters. The first-order valence-electron chi connectivity index (χ1n) is 6.99. The van der Waals surface area contributed by atoms with Gasteiger partial charge in [0.05, 0.1) is 29.0 Å². The molecule has 0 spiro atoms. The molecule has 0 bridgehead atoms. The van der Waals surface area contributed by atoms with Crippen molar-refractivity contribution >= 4 is 23.5 Å². The fourth-order valence-corrected chi connectivity index (χ4v) is 2.26. The molecule has 0 unspecified atom stereocenters. The highest BCUT2D eigenvalue weighted by Gasteiger charge is 2.42. The van der Waals surface area contributed by atoms with Gasteiger partial charge in [-0.2, -0.15) is 13.2 Å². The molecular formula is C16H16F3NO3. The molecule has 0 fully saturated rings. The second-order valence-electron chi connectivity index (χ2n) is 5.72. The van der Waals surface area contributed by atoms with Gasteiger partial charge >= 0.3 is 12.1 Å². The SMILES string of the molecule is CCOC(=O)c1cc2c(c(C(=O)C(F)(F)F)c1)NC(C)(C)C=C2. The molecule has 1 aromatic carbocycles. The number of ether oxygens (including phenoxy) is 1. The number of halogens is 3. The van der Waals surface area contributed by atoms with E-state index in [1.807, 2.05) is 0 Å². The first-order chi connectivity index (χ1) is 10.5. The van der Waals surface area contributed by atoms with Gasteiger partial charge in [0.25, 0.3) is 5.78 Å². The Hall–Kier alpha value is -2.31. The van der Waals surface area contributed by atoms with Crippen molar-refractivity contribution in [2.45, 2.75) is 32.5 Å². The van der Waals surface area contributed by atoms with Crippen molar-refractivity contribution in [3.8, 4) is 0 Å². The Morgan fingerprint density at radius 2 is 1.91 bits per heavy atom. The smallest absolute Gasteiger partial charge is 0.454 e. The van der Waals surface area contributed by atoms with Gasteiger partial charge in [0.15, 0.2) is 0 Å². The summed E-state index contributed by atoms with van der Waals surface area (Å²) in [6.07, 6.45) is -1.71. The molecule has 0 saturated heterocycles. The molecule has 1 aliphatic heterocycles. The largest absolute Gasteiger partial charge is 0.462 e. The summed E-state index contributed by atoms with van der Waals surface area (Å²) in [5, 5.41) is 2.90. The zero-order valence-electron chi connectivity index (χ0n) is 12.9. The van der Waals surface area contributed by atoms with Crippen molar-refractivity contribution in [2.24, 2.45) is 0 Å². The lowest BCUT2D eigenvalue weighted by Crippen LogP contribution is -2.33. The van der Waals surface area contributed by atoms with Crippen LogP contribution in [0.3, 0.4) is 0 Å². The molecule has 0 saturated carbocycles. The third-order valence-corrected chi connectivity index (χ3v) is 3.31. The summed E-state index contributed by atoms with van der Waals surface area (Å²) in [4.78, 5) is 23.6. The van der Waals surface area contributed by atoms with E-state index in [9.17, 15) is 22.8 Å². The number of hydrogen-bond acceptors (Lipinski definition) is 4. The highest BCUT2D eigenvalue weighted by Crippen LogP contribution is 2.35. The molecule has 23 heavy (non-hydrogen) atoms. The predicted molar refractivity (Wildman–Crippen MR) is 79.5 cm³/mol. The molecule has 1 aromatic rings. The van der Waals surface area contributed by atoms with E-state index < -0.39 is 29.0 Å². The standard InChI is InChI=1S/C16H16F3NO3/c1-4-23-14(22)10-7-9-5-6-15(2,3)20-12(9)11(8-10)13(21)16(17,18)19/h5-8,20H,4H2,1-3H3. The molecular weight excluding hydrogens is 311 g/mol. The molecule has 1 aliphatic rings. The topological polar surface area (TPSA) is 55.4 Å². The Morgan fingerprint density at radius 1 is 1.26 bits per heavy atom. The third-order valence-electron chi connectivity index (χ3n) is 3.31. The number of nitrogens with one attached hydrogen (secondary N) is 1. The number of rotatable bonds is 3. The fourth-order valence-electron chi connectivity index (χ4n) is 2.26. The van der Waals surface area contributed by atoms with Crippen LogP contribution < -0.4 is 5.32 Å². The first kappa shape index (κ1) is 17.1. The maximum atomic E-state index is 12.9. The minimum Gasteiger partial charge on any atom is -0.462 e. The molecule has 0 radical (unpaired) electrons. The third kappa shape index (κ3) is 3.55. The number of fused-ring (bicyclic) bond motifs is 1. The molecule has 4 nitrogen and oxygen atoms in total. The van der Waals surface area contributed by atoms with Crippen LogP contribution in [0.1, 0.15) is 47.1 Å². The van der Waals surface area contributed by atoms with Gasteiger partial charge < -0.3 is 10.1 Å². The summed E-state index contributed by atoms with van der Waals surface area (Å²) in [6, 6.07) is 2.33. The summed E-state index contributed by atoms with van der Waals surface area (Å²) < 4.78 is 43.4. The number of benzene rings is 1. The number of carbonyl (C=O) groups excluding carboxylic acids is 2. The molecule has 0 amide bonds. The Kier molecular flexibility index (Phi) is 4.24. The number of carbonyl (C=O) groups is 2. The zero-order chi connectivity index (χ0) is 17.4. The van der Waals surface area contributed by atoms with Gasteiger partial charge in [0.1, 0.15) is 0 Å². The molecule has 0 aliphatic carbocycles. The number of anilines is 1. The van der Waals surface area contributed by atoms with Crippen molar-refractivity contribution < 1.29 is 27.5 Å². The Morgan fingerprint density at radius 3 is 2.48 bits per heavy atom. The quantitative estimate of drug-likeness (QED) is 0.677. The molecule has 0 aromatic heterocycles. The Bertz CT molecular complexity index is 691. The van der Waals surface area contributed by atoms with Gasteiger partial charge in [-0.25, -0.2) is 4.79 Å². The molecule has 7 heteroatoms. The number of hydrogen-bond donors (Lipinski definition) is 1. The van der Waals surface area contributed by atoms with E-state index >= 15 is 0 Å². The van der Waals surface area contributed by atoms with Crippen LogP contribution in [0.4, 0.5) is 18.9 Å². The normalized spacial score (nSPS) is 15.6. The number of Topliss-reactive ketones (excluding diaryl/α,β-unsaturated/α-hetero) is 1. The summed E-state index contributed by atoms with van der Waals surface area (Å²) >= 11 is 0. The summed E-state index contributed by atoms with van der Waals surface area (Å²) in [5.74, 6) is -2.77. The Balaban J connectivity index is 2.63. The van der Waals surface area contributed by atoms with Crippen LogP contribution in [0, 0.1) is 0 Å². The van der Waals surface area contributed by atoms with Crippen LogP contribution in [0.25, 0.3) is 6.08 Å². The van der Waals surface area contributed by atoms with Gasteiger partial charge in [-0.3, -0.25) is 4.79 Å². The van der Waals surface area contributed by atoms with E-state index in [4.69, 9.17) is 4.74 Å². The van der Waals surface area contributed by atoms with Crippen LogP contribution in [0.5, 0.6) is 0 Å². The van der Waals surface area contributed by atoms with E-state index in [2.05, 4.69) is 5.32 Å². The molecule has 2 rings (SSSR count). The first-order valence-corrected chi connectivity index (χ1v) is 6.99. The fraction of sp³-hybridized carbons (Fsp3) is 0.375. The second-order valence-corrected chi connectivity index (χ2v) is 5.72. The van der Waals surface area contributed by atoms with Gasteiger partial charge in [0.2, 0.25) is 0 Å². The maximum absolute atomic E-state index is 12.9. The summed E-state index contributed by atoms with van der Waals surface area (Å²) in [5.41, 5.74) is -0.894. The summed E-state index contributed by atoms with van der Waals surface area (Å²) in [7, 11) is 0. The number of alkyl halides is 3. The Labute approximate surface area is 131 Å². The summed E-state index contributed by atoms with van der Waals surface area (Å²) in [6.45, 7) is 5.18. The van der Waals surface area contributed by atoms with E-state index in [0.29, 0.717) is 5.56 Å². The van der Waals surface area contributed by atoms with Gasteiger partial charge in [0, 0.05) is 0 Å². The van der Waals surface area contributed by atoms with Crippen LogP contribution in [0.15, 0.2) is 18.2 Å². The minimum atomic E-state index is -5.03. The minimum absolute atomic E-state index is 0.0628. The molecule has 1 N–H and O–H groups in total. The van der Waals surface area contributed by atoms with E-state index in [-0.39, 0.29) is 17.9 Å². The van der Waals surface area contributed by atoms with Crippen molar-refractivity contribution in [3.63, 3.8) is 0 Å². The van der Waals surface area contributed by atoms with Crippen LogP contribution in [-0.4, -0.2) is 30.1 Å². The van der Waals surface area contributed by atoms with Crippen LogP contribution >= 0.6 is 0 Å². The van der Waals surface area contributed by atoms with E-state index in [1.165, 1.54) is 6.07 Å². The average Bonchev–Trinajstić information content (AvgIpc) is 2.44. The number of ketones is 1. The molecule has 1 heterocycles. The van der Waals surface area contributed by atoms with E-state index in [0.717, 1.165) is 6.07 Å². The lowest BCUT2D eigenvalue weighted by molar-refractivity contribution is -0.0884. The van der Waals surface area contributed by atoms with Crippen molar-refractivity contribution in [1.29, 1.82) is 0 Å². The highest BCUT2D eigenvalue weighted by atomic mass is 19.4. The predicted octanol–water partition coefficient (Wildman–Crippen LogP) is 3.83. The van der Waals surface area contributed by atoms with E-state index in [1.54, 1.807) is 32.9 Å². The van der Waals surface area contributed by atoms with Gasteiger partial charge in [-0.1, -0.05) is 12.2 Å². The lowest BCUT2D eigenvalue weighted by Gasteiger charge is -2.30.